The van der Waals surface area contributed by atoms with Gasteiger partial charge in [0.05, 0.1) is 12.8 Å². The molecule has 1 N–H and O–H groups in total. The molecule has 0 saturated heterocycles. The molecule has 0 aliphatic carbocycles. The van der Waals surface area contributed by atoms with Crippen LogP contribution in [0.5, 0.6) is 5.75 Å². The number of methoxy groups -OCH3 is 1. The van der Waals surface area contributed by atoms with Crippen LogP contribution >= 0.6 is 0 Å². The van der Waals surface area contributed by atoms with Crippen molar-refractivity contribution in [2.75, 3.05) is 7.11 Å². The lowest BCUT2D eigenvalue weighted by Gasteiger charge is -2.11. The average molecular weight is 230 g/mol. The molecule has 0 unspecified atom stereocenters. The van der Waals surface area contributed by atoms with Crippen LogP contribution in [0.3, 0.4) is 0 Å². The number of ether oxygens (including phenoxy) is 1. The highest BCUT2D eigenvalue weighted by Gasteiger charge is 2.11. The summed E-state index contributed by atoms with van der Waals surface area (Å²) in [6.45, 7) is 6.36. The molecule has 1 aromatic carbocycles. The van der Waals surface area contributed by atoms with Gasteiger partial charge in [-0.2, -0.15) is 5.10 Å². The zero-order valence-corrected chi connectivity index (χ0v) is 10.7. The first-order valence-electron chi connectivity index (χ1n) is 5.82. The predicted molar refractivity (Wildman–Crippen MR) is 69.4 cm³/mol. The third kappa shape index (κ3) is 2.33. The Kier molecular flexibility index (Phi) is 3.18. The third-order valence-corrected chi connectivity index (χ3v) is 2.87. The normalized spacial score (nSPS) is 10.9. The monoisotopic (exact) mass is 230 g/mol. The summed E-state index contributed by atoms with van der Waals surface area (Å²) in [5, 5.41) is 7.25. The van der Waals surface area contributed by atoms with Crippen molar-refractivity contribution in [3.05, 3.63) is 35.5 Å². The maximum Gasteiger partial charge on any atom is 0.128 e. The Hall–Kier alpha value is -1.77. The second-order valence-corrected chi connectivity index (χ2v) is 4.55. The molecule has 0 radical (unpaired) electrons. The van der Waals surface area contributed by atoms with E-state index in [2.05, 4.69) is 36.2 Å². The molecule has 0 atom stereocenters. The fourth-order valence-corrected chi connectivity index (χ4v) is 1.84. The topological polar surface area (TPSA) is 37.9 Å². The fourth-order valence-electron chi connectivity index (χ4n) is 1.84. The first-order valence-corrected chi connectivity index (χ1v) is 5.82. The highest BCUT2D eigenvalue weighted by Crippen LogP contribution is 2.31. The second-order valence-electron chi connectivity index (χ2n) is 4.55. The van der Waals surface area contributed by atoms with Crippen molar-refractivity contribution in [3.63, 3.8) is 0 Å². The van der Waals surface area contributed by atoms with Gasteiger partial charge < -0.3 is 4.74 Å². The van der Waals surface area contributed by atoms with Crippen LogP contribution in [0.15, 0.2) is 24.3 Å². The van der Waals surface area contributed by atoms with Crippen LogP contribution in [0, 0.1) is 6.92 Å². The van der Waals surface area contributed by atoms with Crippen LogP contribution in [0.25, 0.3) is 11.3 Å². The van der Waals surface area contributed by atoms with E-state index in [0.29, 0.717) is 5.92 Å². The first-order chi connectivity index (χ1) is 8.11. The van der Waals surface area contributed by atoms with Crippen LogP contribution in [-0.2, 0) is 0 Å². The van der Waals surface area contributed by atoms with Crippen LogP contribution < -0.4 is 4.74 Å². The lowest BCUT2D eigenvalue weighted by molar-refractivity contribution is 0.416. The molecule has 0 aliphatic rings. The number of H-pyrrole nitrogens is 1. The molecule has 17 heavy (non-hydrogen) atoms. The van der Waals surface area contributed by atoms with Crippen molar-refractivity contribution in [2.45, 2.75) is 26.7 Å². The van der Waals surface area contributed by atoms with Crippen LogP contribution in [-0.4, -0.2) is 17.3 Å². The van der Waals surface area contributed by atoms with Gasteiger partial charge in [-0.15, -0.1) is 0 Å². The minimum absolute atomic E-state index is 0.500. The van der Waals surface area contributed by atoms with Crippen molar-refractivity contribution in [1.82, 2.24) is 10.2 Å². The quantitative estimate of drug-likeness (QED) is 0.876. The smallest absolute Gasteiger partial charge is 0.128 e. The number of aromatic nitrogens is 2. The van der Waals surface area contributed by atoms with E-state index >= 15 is 0 Å². The Labute approximate surface area is 102 Å². The van der Waals surface area contributed by atoms with Gasteiger partial charge in [-0.1, -0.05) is 19.9 Å². The van der Waals surface area contributed by atoms with Crippen LogP contribution in [0.1, 0.15) is 31.0 Å². The number of aryl methyl sites for hydroxylation is 1. The summed E-state index contributed by atoms with van der Waals surface area (Å²) in [5.74, 6) is 1.36. The SMILES string of the molecule is COc1ccc(C(C)C)cc1-c1cc(C)[nH]n1. The molecule has 3 heteroatoms. The molecule has 90 valence electrons. The molecular weight excluding hydrogens is 212 g/mol. The Bertz CT molecular complexity index is 515. The van der Waals surface area contributed by atoms with E-state index in [1.165, 1.54) is 5.56 Å². The summed E-state index contributed by atoms with van der Waals surface area (Å²) in [6, 6.07) is 8.29. The lowest BCUT2D eigenvalue weighted by atomic mass is 9.99. The van der Waals surface area contributed by atoms with Crippen molar-refractivity contribution < 1.29 is 4.74 Å². The maximum atomic E-state index is 5.39. The summed E-state index contributed by atoms with van der Waals surface area (Å²) in [7, 11) is 1.69. The van der Waals surface area contributed by atoms with Gasteiger partial charge in [0.25, 0.3) is 0 Å². The minimum Gasteiger partial charge on any atom is -0.496 e. The number of rotatable bonds is 3. The van der Waals surface area contributed by atoms with Crippen molar-refractivity contribution in [2.24, 2.45) is 0 Å². The van der Waals surface area contributed by atoms with E-state index in [1.807, 2.05) is 19.1 Å². The van der Waals surface area contributed by atoms with Gasteiger partial charge in [-0.25, -0.2) is 0 Å². The van der Waals surface area contributed by atoms with E-state index in [0.717, 1.165) is 22.7 Å². The van der Waals surface area contributed by atoms with Gasteiger partial charge in [-0.05, 0) is 36.6 Å². The average Bonchev–Trinajstić information content (AvgIpc) is 2.74. The second kappa shape index (κ2) is 4.62. The Morgan fingerprint density at radius 3 is 2.53 bits per heavy atom. The van der Waals surface area contributed by atoms with E-state index in [4.69, 9.17) is 4.74 Å². The van der Waals surface area contributed by atoms with Crippen LogP contribution in [0.2, 0.25) is 0 Å². The van der Waals surface area contributed by atoms with E-state index in [-0.39, 0.29) is 0 Å². The summed E-state index contributed by atoms with van der Waals surface area (Å²) in [4.78, 5) is 0. The summed E-state index contributed by atoms with van der Waals surface area (Å²) in [6.07, 6.45) is 0. The highest BCUT2D eigenvalue weighted by molar-refractivity contribution is 5.68. The fraction of sp³-hybridized carbons (Fsp3) is 0.357. The molecule has 0 spiro atoms. The molecule has 2 aromatic rings. The maximum absolute atomic E-state index is 5.39. The summed E-state index contributed by atoms with van der Waals surface area (Å²) < 4.78 is 5.39. The zero-order valence-electron chi connectivity index (χ0n) is 10.7. The molecule has 0 aliphatic heterocycles. The molecule has 3 nitrogen and oxygen atoms in total. The number of aromatic amines is 1. The van der Waals surface area contributed by atoms with Crippen molar-refractivity contribution >= 4 is 0 Å². The number of nitrogens with zero attached hydrogens (tertiary/aromatic N) is 1. The van der Waals surface area contributed by atoms with E-state index < -0.39 is 0 Å². The number of hydrogen-bond acceptors (Lipinski definition) is 2. The Balaban J connectivity index is 2.53. The van der Waals surface area contributed by atoms with Gasteiger partial charge in [0.15, 0.2) is 0 Å². The Morgan fingerprint density at radius 2 is 2.00 bits per heavy atom. The highest BCUT2D eigenvalue weighted by atomic mass is 16.5. The first kappa shape index (κ1) is 11.7. The summed E-state index contributed by atoms with van der Waals surface area (Å²) in [5.41, 5.74) is 4.32. The number of benzene rings is 1. The van der Waals surface area contributed by atoms with Crippen molar-refractivity contribution in [3.8, 4) is 17.0 Å². The Morgan fingerprint density at radius 1 is 1.24 bits per heavy atom. The van der Waals surface area contributed by atoms with Gasteiger partial charge in [0.2, 0.25) is 0 Å². The molecule has 0 fully saturated rings. The van der Waals surface area contributed by atoms with Gasteiger partial charge in [0.1, 0.15) is 5.75 Å². The predicted octanol–water partition coefficient (Wildman–Crippen LogP) is 3.52. The molecule has 0 saturated carbocycles. The van der Waals surface area contributed by atoms with Gasteiger partial charge in [0, 0.05) is 11.3 Å². The molecule has 1 heterocycles. The third-order valence-electron chi connectivity index (χ3n) is 2.87. The number of hydrogen-bond donors (Lipinski definition) is 1. The minimum atomic E-state index is 0.500. The summed E-state index contributed by atoms with van der Waals surface area (Å²) >= 11 is 0. The largest absolute Gasteiger partial charge is 0.496 e. The molecule has 2 rings (SSSR count). The molecular formula is C14H18N2O. The lowest BCUT2D eigenvalue weighted by Crippen LogP contribution is -1.93. The van der Waals surface area contributed by atoms with Gasteiger partial charge in [-0.3, -0.25) is 5.10 Å². The van der Waals surface area contributed by atoms with E-state index in [1.54, 1.807) is 7.11 Å². The molecule has 1 aromatic heterocycles. The number of nitrogens with one attached hydrogen (secondary N) is 1. The van der Waals surface area contributed by atoms with Crippen LogP contribution in [0.4, 0.5) is 0 Å². The van der Waals surface area contributed by atoms with Crippen molar-refractivity contribution in [1.29, 1.82) is 0 Å². The molecule has 0 bridgehead atoms. The molecule has 0 amide bonds. The zero-order chi connectivity index (χ0) is 12.4. The van der Waals surface area contributed by atoms with Gasteiger partial charge >= 0.3 is 0 Å². The van der Waals surface area contributed by atoms with E-state index in [9.17, 15) is 0 Å². The standard InChI is InChI=1S/C14H18N2O/c1-9(2)11-5-6-14(17-4)12(8-11)13-7-10(3)15-16-13/h5-9H,1-4H3,(H,15,16).